The van der Waals surface area contributed by atoms with Crippen molar-refractivity contribution in [1.82, 2.24) is 0 Å². The number of anilines is 2. The van der Waals surface area contributed by atoms with E-state index in [1.165, 1.54) is 6.07 Å². The van der Waals surface area contributed by atoms with Crippen molar-refractivity contribution < 1.29 is 26.7 Å². The molecule has 0 aromatic heterocycles. The molecule has 1 saturated heterocycles. The van der Waals surface area contributed by atoms with Crippen LogP contribution in [0.1, 0.15) is 28.8 Å². The zero-order chi connectivity index (χ0) is 18.9. The Morgan fingerprint density at radius 3 is 2.38 bits per heavy atom. The van der Waals surface area contributed by atoms with Crippen LogP contribution < -0.4 is 10.2 Å². The van der Waals surface area contributed by atoms with Gasteiger partial charge in [0.15, 0.2) is 11.6 Å². The largest absolute Gasteiger partial charge is 0.416 e. The Balaban J connectivity index is 1.98. The first kappa shape index (κ1) is 18.2. The Morgan fingerprint density at radius 2 is 1.73 bits per heavy atom. The topological polar surface area (TPSA) is 32.3 Å². The molecule has 1 heterocycles. The number of hydrogen-bond acceptors (Lipinski definition) is 2. The van der Waals surface area contributed by atoms with Gasteiger partial charge < -0.3 is 10.2 Å². The van der Waals surface area contributed by atoms with Gasteiger partial charge in [-0.1, -0.05) is 6.07 Å². The predicted octanol–water partition coefficient (Wildman–Crippen LogP) is 4.84. The Labute approximate surface area is 146 Å². The fraction of sp³-hybridized carbons (Fsp3) is 0.278. The third-order valence-electron chi connectivity index (χ3n) is 4.22. The van der Waals surface area contributed by atoms with E-state index in [2.05, 4.69) is 5.32 Å². The van der Waals surface area contributed by atoms with Gasteiger partial charge in [0.25, 0.3) is 5.91 Å². The molecular weight excluding hydrogens is 355 g/mol. The highest BCUT2D eigenvalue weighted by Gasteiger charge is 2.32. The number of nitrogens with one attached hydrogen (secondary N) is 1. The molecule has 3 rings (SSSR count). The summed E-state index contributed by atoms with van der Waals surface area (Å²) in [4.78, 5) is 14.1. The normalized spacial score (nSPS) is 14.6. The molecular formula is C18H15F5N2O. The van der Waals surface area contributed by atoms with E-state index >= 15 is 0 Å². The molecule has 0 bridgehead atoms. The minimum Gasteiger partial charge on any atom is -0.370 e. The third-order valence-corrected chi connectivity index (χ3v) is 4.22. The highest BCUT2D eigenvalue weighted by molar-refractivity contribution is 6.06. The Hall–Kier alpha value is -2.64. The summed E-state index contributed by atoms with van der Waals surface area (Å²) in [6.45, 7) is 1.28. The monoisotopic (exact) mass is 370 g/mol. The average molecular weight is 370 g/mol. The molecule has 1 amide bonds. The molecule has 1 fully saturated rings. The molecule has 8 heteroatoms. The third kappa shape index (κ3) is 3.63. The number of carbonyl (C=O) groups is 1. The first-order chi connectivity index (χ1) is 12.3. The van der Waals surface area contributed by atoms with E-state index in [1.807, 2.05) is 4.90 Å². The second-order valence-corrected chi connectivity index (χ2v) is 5.98. The number of alkyl halides is 3. The molecule has 2 aromatic carbocycles. The van der Waals surface area contributed by atoms with E-state index in [-0.39, 0.29) is 5.69 Å². The Morgan fingerprint density at radius 1 is 1.04 bits per heavy atom. The maximum absolute atomic E-state index is 13.8. The number of rotatable bonds is 3. The quantitative estimate of drug-likeness (QED) is 0.785. The van der Waals surface area contributed by atoms with Crippen LogP contribution in [0.2, 0.25) is 0 Å². The van der Waals surface area contributed by atoms with Crippen LogP contribution in [-0.4, -0.2) is 19.0 Å². The van der Waals surface area contributed by atoms with Gasteiger partial charge in [-0.3, -0.25) is 4.79 Å². The van der Waals surface area contributed by atoms with Gasteiger partial charge in [0.1, 0.15) is 0 Å². The van der Waals surface area contributed by atoms with Crippen LogP contribution in [0.15, 0.2) is 36.4 Å². The van der Waals surface area contributed by atoms with E-state index in [0.29, 0.717) is 18.8 Å². The van der Waals surface area contributed by atoms with Crippen molar-refractivity contribution in [1.29, 1.82) is 0 Å². The van der Waals surface area contributed by atoms with Gasteiger partial charge in [-0.15, -0.1) is 0 Å². The van der Waals surface area contributed by atoms with Gasteiger partial charge >= 0.3 is 6.18 Å². The molecule has 0 aliphatic carbocycles. The van der Waals surface area contributed by atoms with Crippen molar-refractivity contribution >= 4 is 17.3 Å². The molecule has 1 aliphatic rings. The van der Waals surface area contributed by atoms with Gasteiger partial charge in [-0.05, 0) is 43.2 Å². The van der Waals surface area contributed by atoms with Crippen molar-refractivity contribution in [2.75, 3.05) is 23.3 Å². The molecule has 0 saturated carbocycles. The highest BCUT2D eigenvalue weighted by Crippen LogP contribution is 2.36. The number of carbonyl (C=O) groups excluding carboxylic acids is 1. The molecule has 26 heavy (non-hydrogen) atoms. The lowest BCUT2D eigenvalue weighted by molar-refractivity contribution is -0.137. The van der Waals surface area contributed by atoms with Crippen LogP contribution >= 0.6 is 0 Å². The van der Waals surface area contributed by atoms with Crippen molar-refractivity contribution in [3.8, 4) is 0 Å². The lowest BCUT2D eigenvalue weighted by Crippen LogP contribution is -2.22. The molecule has 1 N–H and O–H groups in total. The van der Waals surface area contributed by atoms with Crippen LogP contribution in [0, 0.1) is 11.6 Å². The lowest BCUT2D eigenvalue weighted by Gasteiger charge is -2.23. The van der Waals surface area contributed by atoms with Gasteiger partial charge in [-0.25, -0.2) is 8.78 Å². The summed E-state index contributed by atoms with van der Waals surface area (Å²) in [7, 11) is 0. The maximum Gasteiger partial charge on any atom is 0.416 e. The summed E-state index contributed by atoms with van der Waals surface area (Å²) in [6.07, 6.45) is -2.83. The van der Waals surface area contributed by atoms with Crippen LogP contribution in [0.3, 0.4) is 0 Å². The lowest BCUT2D eigenvalue weighted by atomic mass is 10.1. The number of amides is 1. The Kier molecular flexibility index (Phi) is 4.84. The van der Waals surface area contributed by atoms with Gasteiger partial charge in [0, 0.05) is 13.1 Å². The number of hydrogen-bond donors (Lipinski definition) is 1. The minimum absolute atomic E-state index is 0.0876. The van der Waals surface area contributed by atoms with Crippen LogP contribution in [-0.2, 0) is 6.18 Å². The van der Waals surface area contributed by atoms with Gasteiger partial charge in [-0.2, -0.15) is 13.2 Å². The summed E-state index contributed by atoms with van der Waals surface area (Å²) in [5.74, 6) is -3.57. The van der Waals surface area contributed by atoms with Crippen LogP contribution in [0.25, 0.3) is 0 Å². The zero-order valence-electron chi connectivity index (χ0n) is 13.5. The predicted molar refractivity (Wildman–Crippen MR) is 87.2 cm³/mol. The first-order valence-corrected chi connectivity index (χ1v) is 7.99. The number of halogens is 5. The average Bonchev–Trinajstić information content (AvgIpc) is 3.10. The molecule has 0 radical (unpaired) electrons. The molecule has 0 unspecified atom stereocenters. The maximum atomic E-state index is 13.8. The molecule has 3 nitrogen and oxygen atoms in total. The van der Waals surface area contributed by atoms with Gasteiger partial charge in [0.2, 0.25) is 0 Å². The fourth-order valence-corrected chi connectivity index (χ4v) is 2.92. The molecule has 1 aliphatic heterocycles. The van der Waals surface area contributed by atoms with Crippen molar-refractivity contribution in [2.24, 2.45) is 0 Å². The molecule has 0 spiro atoms. The minimum atomic E-state index is -4.59. The molecule has 0 atom stereocenters. The van der Waals surface area contributed by atoms with Crippen LogP contribution in [0.5, 0.6) is 0 Å². The smallest absolute Gasteiger partial charge is 0.370 e. The highest BCUT2D eigenvalue weighted by atomic mass is 19.4. The summed E-state index contributed by atoms with van der Waals surface area (Å²) in [5.41, 5.74) is -1.18. The van der Waals surface area contributed by atoms with E-state index < -0.39 is 34.8 Å². The summed E-state index contributed by atoms with van der Waals surface area (Å²) >= 11 is 0. The van der Waals surface area contributed by atoms with E-state index in [0.717, 1.165) is 43.2 Å². The first-order valence-electron chi connectivity index (χ1n) is 7.99. The summed E-state index contributed by atoms with van der Waals surface area (Å²) in [5, 5.41) is 2.30. The Bertz CT molecular complexity index is 829. The van der Waals surface area contributed by atoms with Crippen molar-refractivity contribution in [3.05, 3.63) is 59.2 Å². The molecule has 138 valence electrons. The fourth-order valence-electron chi connectivity index (χ4n) is 2.92. The van der Waals surface area contributed by atoms with E-state index in [9.17, 15) is 26.7 Å². The standard InChI is InChI=1S/C18H15F5N2O/c19-13-5-3-4-12(16(13)20)17(26)24-14-10-11(18(21,22)23)6-7-15(14)25-8-1-2-9-25/h3-7,10H,1-2,8-9H2,(H,24,26). The SMILES string of the molecule is O=C(Nc1cc(C(F)(F)F)ccc1N1CCCC1)c1cccc(F)c1F. The van der Waals surface area contributed by atoms with Crippen molar-refractivity contribution in [2.45, 2.75) is 19.0 Å². The summed E-state index contributed by atoms with van der Waals surface area (Å²) in [6, 6.07) is 6.10. The van der Waals surface area contributed by atoms with Gasteiger partial charge in [0.05, 0.1) is 22.5 Å². The number of benzene rings is 2. The van der Waals surface area contributed by atoms with E-state index in [1.54, 1.807) is 0 Å². The van der Waals surface area contributed by atoms with Crippen LogP contribution in [0.4, 0.5) is 33.3 Å². The zero-order valence-corrected chi connectivity index (χ0v) is 13.5. The second-order valence-electron chi connectivity index (χ2n) is 5.98. The van der Waals surface area contributed by atoms with E-state index in [4.69, 9.17) is 0 Å². The number of nitrogens with zero attached hydrogens (tertiary/aromatic N) is 1. The molecule has 2 aromatic rings. The summed E-state index contributed by atoms with van der Waals surface area (Å²) < 4.78 is 66.2. The second kappa shape index (κ2) is 6.93. The van der Waals surface area contributed by atoms with Crippen molar-refractivity contribution in [3.63, 3.8) is 0 Å².